The van der Waals surface area contributed by atoms with Crippen LogP contribution in [0.15, 0.2) is 83.8 Å². The highest BCUT2D eigenvalue weighted by Gasteiger charge is 2.34. The molecule has 31 heavy (non-hydrogen) atoms. The number of hydrogen-bond acceptors (Lipinski definition) is 5. The molecule has 0 aliphatic carbocycles. The van der Waals surface area contributed by atoms with E-state index >= 15 is 0 Å². The van der Waals surface area contributed by atoms with Crippen LogP contribution >= 0.6 is 23.4 Å². The fraction of sp³-hybridized carbons (Fsp3) is 0.0417. The molecule has 1 aliphatic heterocycles. The average Bonchev–Trinajstić information content (AvgIpc) is 3.02. The second-order valence-corrected chi connectivity index (χ2v) is 8.10. The minimum atomic E-state index is -0.578. The number of imide groups is 1. The van der Waals surface area contributed by atoms with Gasteiger partial charge < -0.3 is 4.74 Å². The zero-order chi connectivity index (χ0) is 21.8. The lowest BCUT2D eigenvalue weighted by Gasteiger charge is -2.12. The second kappa shape index (κ2) is 9.20. The van der Waals surface area contributed by atoms with Crippen LogP contribution in [-0.4, -0.2) is 22.0 Å². The topological polar surface area (TPSA) is 63.7 Å². The first-order chi connectivity index (χ1) is 15.0. The molecule has 1 fully saturated rings. The third-order valence-corrected chi connectivity index (χ3v) is 5.75. The monoisotopic (exact) mass is 449 g/mol. The van der Waals surface area contributed by atoms with Gasteiger partial charge in [0, 0.05) is 0 Å². The van der Waals surface area contributed by atoms with Gasteiger partial charge in [-0.05, 0) is 53.2 Å². The fourth-order valence-electron chi connectivity index (χ4n) is 3.01. The lowest BCUT2D eigenvalue weighted by molar-refractivity contribution is -0.123. The van der Waals surface area contributed by atoms with Crippen LogP contribution in [0.5, 0.6) is 5.75 Å². The number of esters is 1. The number of rotatable bonds is 5. The Balaban J connectivity index is 1.50. The quantitative estimate of drug-likeness (QED) is 0.280. The molecule has 154 valence electrons. The van der Waals surface area contributed by atoms with Crippen molar-refractivity contribution < 1.29 is 19.1 Å². The summed E-state index contributed by atoms with van der Waals surface area (Å²) in [6.07, 6.45) is 1.61. The van der Waals surface area contributed by atoms with Crippen molar-refractivity contribution >= 4 is 46.6 Å². The normalized spacial score (nSPS) is 14.9. The number of carbonyl (C=O) groups is 3. The molecule has 1 heterocycles. The Morgan fingerprint density at radius 2 is 1.71 bits per heavy atom. The molecule has 2 amide bonds. The van der Waals surface area contributed by atoms with Crippen molar-refractivity contribution in [2.45, 2.75) is 6.54 Å². The zero-order valence-corrected chi connectivity index (χ0v) is 17.7. The lowest BCUT2D eigenvalue weighted by atomic mass is 10.2. The molecular formula is C24H16ClNO4S. The van der Waals surface area contributed by atoms with E-state index < -0.39 is 5.97 Å². The van der Waals surface area contributed by atoms with Crippen LogP contribution in [-0.2, 0) is 11.3 Å². The summed E-state index contributed by atoms with van der Waals surface area (Å²) in [5.74, 6) is -0.620. The van der Waals surface area contributed by atoms with Crippen LogP contribution in [0.1, 0.15) is 21.5 Å². The molecule has 0 unspecified atom stereocenters. The third-order valence-electron chi connectivity index (χ3n) is 4.52. The van der Waals surface area contributed by atoms with E-state index in [-0.39, 0.29) is 23.3 Å². The van der Waals surface area contributed by atoms with Crippen LogP contribution in [0, 0.1) is 0 Å². The first kappa shape index (κ1) is 20.9. The van der Waals surface area contributed by atoms with Crippen LogP contribution in [0.4, 0.5) is 4.79 Å². The Labute approximate surface area is 188 Å². The van der Waals surface area contributed by atoms with Gasteiger partial charge in [0.25, 0.3) is 11.1 Å². The summed E-state index contributed by atoms with van der Waals surface area (Å²) in [4.78, 5) is 39.0. The summed E-state index contributed by atoms with van der Waals surface area (Å²) in [5.41, 5.74) is 1.77. The highest BCUT2D eigenvalue weighted by atomic mass is 35.5. The van der Waals surface area contributed by atoms with E-state index in [0.29, 0.717) is 21.2 Å². The third kappa shape index (κ3) is 4.87. The minimum absolute atomic E-state index is 0.221. The smallest absolute Gasteiger partial charge is 0.345 e. The Kier molecular flexibility index (Phi) is 6.21. The highest BCUT2D eigenvalue weighted by Crippen LogP contribution is 2.33. The van der Waals surface area contributed by atoms with E-state index in [2.05, 4.69) is 0 Å². The molecule has 0 atom stereocenters. The summed E-state index contributed by atoms with van der Waals surface area (Å²) in [6.45, 7) is 0.221. The predicted molar refractivity (Wildman–Crippen MR) is 121 cm³/mol. The molecule has 0 bridgehead atoms. The summed E-state index contributed by atoms with van der Waals surface area (Å²) in [7, 11) is 0. The van der Waals surface area contributed by atoms with Gasteiger partial charge in [0.2, 0.25) is 0 Å². The molecule has 3 aromatic carbocycles. The van der Waals surface area contributed by atoms with Crippen molar-refractivity contribution in [2.24, 2.45) is 0 Å². The number of hydrogen-bond donors (Lipinski definition) is 0. The van der Waals surface area contributed by atoms with Crippen LogP contribution in [0.2, 0.25) is 5.02 Å². The molecule has 3 aromatic rings. The number of ether oxygens (including phenoxy) is 1. The zero-order valence-electron chi connectivity index (χ0n) is 16.2. The maximum absolute atomic E-state index is 12.7. The molecule has 1 saturated heterocycles. The van der Waals surface area contributed by atoms with Crippen molar-refractivity contribution in [2.75, 3.05) is 0 Å². The van der Waals surface area contributed by atoms with Gasteiger partial charge in [0.05, 0.1) is 22.0 Å². The van der Waals surface area contributed by atoms with Crippen LogP contribution in [0.3, 0.4) is 0 Å². The van der Waals surface area contributed by atoms with E-state index in [1.807, 2.05) is 30.3 Å². The summed E-state index contributed by atoms with van der Waals surface area (Å²) in [6, 6.07) is 22.7. The van der Waals surface area contributed by atoms with E-state index in [1.165, 1.54) is 4.90 Å². The van der Waals surface area contributed by atoms with E-state index in [4.69, 9.17) is 16.3 Å². The van der Waals surface area contributed by atoms with Crippen molar-refractivity contribution in [1.29, 1.82) is 0 Å². The average molecular weight is 450 g/mol. The predicted octanol–water partition coefficient (Wildman–Crippen LogP) is 5.80. The van der Waals surface area contributed by atoms with Gasteiger partial charge >= 0.3 is 5.97 Å². The summed E-state index contributed by atoms with van der Waals surface area (Å²) in [5, 5.41) is -0.0165. The largest absolute Gasteiger partial charge is 0.423 e. The standard InChI is InChI=1S/C24H16ClNO4S/c25-20-12-5-4-11-19(20)23(28)30-18-10-6-9-17(13-18)14-21-22(27)26(24(29)31-21)15-16-7-2-1-3-8-16/h1-14H,15H2/b21-14-. The Bertz CT molecular complexity index is 1190. The molecule has 0 radical (unpaired) electrons. The maximum Gasteiger partial charge on any atom is 0.345 e. The summed E-state index contributed by atoms with van der Waals surface area (Å²) >= 11 is 6.93. The maximum atomic E-state index is 12.7. The molecule has 5 nitrogen and oxygen atoms in total. The number of thioether (sulfide) groups is 1. The SMILES string of the molecule is O=C(Oc1cccc(/C=C2\SC(=O)N(Cc3ccccc3)C2=O)c1)c1ccccc1Cl. The lowest BCUT2D eigenvalue weighted by Crippen LogP contribution is -2.27. The van der Waals surface area contributed by atoms with Gasteiger partial charge in [-0.2, -0.15) is 0 Å². The molecule has 0 aromatic heterocycles. The number of benzene rings is 3. The number of carbonyl (C=O) groups excluding carboxylic acids is 3. The first-order valence-electron chi connectivity index (χ1n) is 9.37. The fourth-order valence-corrected chi connectivity index (χ4v) is 4.06. The summed E-state index contributed by atoms with van der Waals surface area (Å²) < 4.78 is 5.41. The highest BCUT2D eigenvalue weighted by molar-refractivity contribution is 8.18. The van der Waals surface area contributed by atoms with E-state index in [9.17, 15) is 14.4 Å². The van der Waals surface area contributed by atoms with Gasteiger partial charge in [-0.25, -0.2) is 4.79 Å². The van der Waals surface area contributed by atoms with Crippen LogP contribution in [0.25, 0.3) is 6.08 Å². The van der Waals surface area contributed by atoms with E-state index in [1.54, 1.807) is 54.6 Å². The van der Waals surface area contributed by atoms with Gasteiger partial charge in [0.15, 0.2) is 0 Å². The Morgan fingerprint density at radius 3 is 2.48 bits per heavy atom. The molecule has 1 aliphatic rings. The second-order valence-electron chi connectivity index (χ2n) is 6.70. The molecule has 0 spiro atoms. The molecule has 4 rings (SSSR count). The molecule has 0 saturated carbocycles. The van der Waals surface area contributed by atoms with Gasteiger partial charge in [0.1, 0.15) is 5.75 Å². The van der Waals surface area contributed by atoms with Gasteiger partial charge in [-0.15, -0.1) is 0 Å². The van der Waals surface area contributed by atoms with Crippen molar-refractivity contribution in [3.8, 4) is 5.75 Å². The molecular weight excluding hydrogens is 434 g/mol. The van der Waals surface area contributed by atoms with Gasteiger partial charge in [-0.1, -0.05) is 66.2 Å². The Morgan fingerprint density at radius 1 is 0.968 bits per heavy atom. The molecule has 0 N–H and O–H groups in total. The van der Waals surface area contributed by atoms with Crippen molar-refractivity contribution in [1.82, 2.24) is 4.90 Å². The molecule has 7 heteroatoms. The number of halogens is 1. The minimum Gasteiger partial charge on any atom is -0.423 e. The number of amides is 2. The number of nitrogens with zero attached hydrogens (tertiary/aromatic N) is 1. The first-order valence-corrected chi connectivity index (χ1v) is 10.6. The van der Waals surface area contributed by atoms with Crippen LogP contribution < -0.4 is 4.74 Å². The Hall–Kier alpha value is -3.35. The van der Waals surface area contributed by atoms with Gasteiger partial charge in [-0.3, -0.25) is 14.5 Å². The van der Waals surface area contributed by atoms with Crippen molar-refractivity contribution in [3.63, 3.8) is 0 Å². The van der Waals surface area contributed by atoms with E-state index in [0.717, 1.165) is 17.3 Å². The van der Waals surface area contributed by atoms with Crippen molar-refractivity contribution in [3.05, 3.63) is 105 Å².